The van der Waals surface area contributed by atoms with E-state index in [1.807, 2.05) is 0 Å². The Balaban J connectivity index is 1.53. The minimum absolute atomic E-state index is 0.0313. The molecule has 0 radical (unpaired) electrons. The Morgan fingerprint density at radius 1 is 1.26 bits per heavy atom. The molecule has 8 heteroatoms. The Morgan fingerprint density at radius 3 is 2.61 bits per heavy atom. The molecule has 2 unspecified atom stereocenters. The lowest BCUT2D eigenvalue weighted by Gasteiger charge is -2.20. The van der Waals surface area contributed by atoms with Gasteiger partial charge in [-0.05, 0) is 0 Å². The topological polar surface area (TPSA) is 84.9 Å². The zero-order valence-electron chi connectivity index (χ0n) is 13.3. The third-order valence-electron chi connectivity index (χ3n) is 4.26. The van der Waals surface area contributed by atoms with Crippen LogP contribution in [0.5, 0.6) is 11.8 Å². The van der Waals surface area contributed by atoms with Gasteiger partial charge in [0.25, 0.3) is 0 Å². The first-order valence-electron chi connectivity index (χ1n) is 7.64. The van der Waals surface area contributed by atoms with Crippen molar-refractivity contribution in [1.29, 1.82) is 0 Å². The van der Waals surface area contributed by atoms with E-state index in [0.717, 1.165) is 6.42 Å². The largest absolute Gasteiger partial charge is 0.480 e. The van der Waals surface area contributed by atoms with Gasteiger partial charge in [-0.3, -0.25) is 9.59 Å². The molecular weight excluding hydrogens is 300 g/mol. The van der Waals surface area contributed by atoms with Crippen molar-refractivity contribution in [2.45, 2.75) is 18.9 Å². The molecule has 2 amide bonds. The predicted molar refractivity (Wildman–Crippen MR) is 79.9 cm³/mol. The number of carbonyl (C=O) groups is 2. The molecule has 1 aromatic heterocycles. The first-order valence-corrected chi connectivity index (χ1v) is 7.64. The molecule has 3 heterocycles. The molecule has 2 saturated heterocycles. The highest BCUT2D eigenvalue weighted by atomic mass is 16.5. The Kier molecular flexibility index (Phi) is 4.31. The maximum Gasteiger partial charge on any atom is 0.233 e. The third kappa shape index (κ3) is 3.35. The zero-order chi connectivity index (χ0) is 16.4. The summed E-state index contributed by atoms with van der Waals surface area (Å²) >= 11 is 0. The first kappa shape index (κ1) is 15.5. The molecule has 0 bridgehead atoms. The molecule has 0 aliphatic carbocycles. The van der Waals surface area contributed by atoms with E-state index >= 15 is 0 Å². The van der Waals surface area contributed by atoms with E-state index in [4.69, 9.17) is 9.47 Å². The standard InChI is InChI=1S/C15H20N4O4/c1-18-8-10(7-14(18)20)15(21)19-6-5-11(9-19)23-13-4-3-12(22-2)16-17-13/h3-4,10-11H,5-9H2,1-2H3. The van der Waals surface area contributed by atoms with Gasteiger partial charge in [0.2, 0.25) is 23.6 Å². The lowest BCUT2D eigenvalue weighted by Crippen LogP contribution is -2.36. The molecule has 1 aromatic rings. The van der Waals surface area contributed by atoms with Crippen LogP contribution in [0.15, 0.2) is 12.1 Å². The number of amides is 2. The molecule has 2 fully saturated rings. The van der Waals surface area contributed by atoms with Crippen LogP contribution in [0.3, 0.4) is 0 Å². The molecule has 0 spiro atoms. The van der Waals surface area contributed by atoms with Gasteiger partial charge < -0.3 is 19.3 Å². The summed E-state index contributed by atoms with van der Waals surface area (Å²) in [7, 11) is 3.25. The van der Waals surface area contributed by atoms with E-state index in [0.29, 0.717) is 37.8 Å². The Labute approximate surface area is 134 Å². The van der Waals surface area contributed by atoms with E-state index < -0.39 is 0 Å². The fourth-order valence-electron chi connectivity index (χ4n) is 2.96. The number of aromatic nitrogens is 2. The van der Waals surface area contributed by atoms with Crippen molar-refractivity contribution in [3.05, 3.63) is 12.1 Å². The lowest BCUT2D eigenvalue weighted by atomic mass is 10.1. The molecule has 8 nitrogen and oxygen atoms in total. The van der Waals surface area contributed by atoms with Crippen molar-refractivity contribution in [2.75, 3.05) is 33.8 Å². The highest BCUT2D eigenvalue weighted by Gasteiger charge is 2.37. The Hall–Kier alpha value is -2.38. The number of rotatable bonds is 4. The van der Waals surface area contributed by atoms with Crippen LogP contribution in [0.25, 0.3) is 0 Å². The molecule has 23 heavy (non-hydrogen) atoms. The summed E-state index contributed by atoms with van der Waals surface area (Å²) in [5, 5.41) is 7.78. The van der Waals surface area contributed by atoms with E-state index in [1.165, 1.54) is 7.11 Å². The number of hydrogen-bond donors (Lipinski definition) is 0. The second-order valence-electron chi connectivity index (χ2n) is 5.90. The van der Waals surface area contributed by atoms with Gasteiger partial charge in [0.05, 0.1) is 19.6 Å². The molecule has 2 aliphatic rings. The van der Waals surface area contributed by atoms with Crippen LogP contribution in [0.1, 0.15) is 12.8 Å². The predicted octanol–water partition coefficient (Wildman–Crippen LogP) is -0.0568. The summed E-state index contributed by atoms with van der Waals surface area (Å²) in [5.41, 5.74) is 0. The first-order chi connectivity index (χ1) is 11.1. The van der Waals surface area contributed by atoms with Crippen molar-refractivity contribution in [3.63, 3.8) is 0 Å². The second kappa shape index (κ2) is 6.39. The van der Waals surface area contributed by atoms with Crippen molar-refractivity contribution in [2.24, 2.45) is 5.92 Å². The normalized spacial score (nSPS) is 24.2. The van der Waals surface area contributed by atoms with Crippen molar-refractivity contribution < 1.29 is 19.1 Å². The number of ether oxygens (including phenoxy) is 2. The number of carbonyl (C=O) groups excluding carboxylic acids is 2. The molecular formula is C15H20N4O4. The minimum Gasteiger partial charge on any atom is -0.480 e. The Morgan fingerprint density at radius 2 is 2.00 bits per heavy atom. The van der Waals surface area contributed by atoms with Crippen LogP contribution in [0, 0.1) is 5.92 Å². The van der Waals surface area contributed by atoms with Gasteiger partial charge >= 0.3 is 0 Å². The summed E-state index contributed by atoms with van der Waals surface area (Å²) in [6, 6.07) is 3.38. The SMILES string of the molecule is COc1ccc(OC2CCN(C(=O)C3CC(=O)N(C)C3)C2)nn1. The molecule has 2 atom stereocenters. The van der Waals surface area contributed by atoms with Crippen LogP contribution >= 0.6 is 0 Å². The second-order valence-corrected chi connectivity index (χ2v) is 5.90. The summed E-state index contributed by atoms with van der Waals surface area (Å²) in [5.74, 6) is 0.682. The number of likely N-dealkylation sites (tertiary alicyclic amines) is 2. The van der Waals surface area contributed by atoms with Crippen LogP contribution in [0.4, 0.5) is 0 Å². The van der Waals surface area contributed by atoms with Gasteiger partial charge in [-0.2, -0.15) is 0 Å². The molecule has 2 aliphatic heterocycles. The lowest BCUT2D eigenvalue weighted by molar-refractivity contribution is -0.135. The number of hydrogen-bond acceptors (Lipinski definition) is 6. The van der Waals surface area contributed by atoms with Crippen LogP contribution < -0.4 is 9.47 Å². The summed E-state index contributed by atoms with van der Waals surface area (Å²) in [4.78, 5) is 27.4. The fourth-order valence-corrected chi connectivity index (χ4v) is 2.96. The fraction of sp³-hybridized carbons (Fsp3) is 0.600. The maximum atomic E-state index is 12.5. The molecule has 3 rings (SSSR count). The van der Waals surface area contributed by atoms with Gasteiger partial charge in [0.1, 0.15) is 6.10 Å². The van der Waals surface area contributed by atoms with E-state index in [2.05, 4.69) is 10.2 Å². The Bertz CT molecular complexity index is 592. The highest BCUT2D eigenvalue weighted by Crippen LogP contribution is 2.23. The van der Waals surface area contributed by atoms with E-state index in [9.17, 15) is 9.59 Å². The van der Waals surface area contributed by atoms with E-state index in [-0.39, 0.29) is 23.8 Å². The average molecular weight is 320 g/mol. The zero-order valence-corrected chi connectivity index (χ0v) is 13.3. The van der Waals surface area contributed by atoms with Crippen molar-refractivity contribution >= 4 is 11.8 Å². The van der Waals surface area contributed by atoms with Gasteiger partial charge in [-0.1, -0.05) is 0 Å². The van der Waals surface area contributed by atoms with Crippen molar-refractivity contribution in [3.8, 4) is 11.8 Å². The van der Waals surface area contributed by atoms with Gasteiger partial charge in [-0.25, -0.2) is 0 Å². The summed E-state index contributed by atoms with van der Waals surface area (Å²) in [6.45, 7) is 1.66. The summed E-state index contributed by atoms with van der Waals surface area (Å²) in [6.07, 6.45) is 0.952. The van der Waals surface area contributed by atoms with Crippen LogP contribution in [-0.2, 0) is 9.59 Å². The smallest absolute Gasteiger partial charge is 0.233 e. The number of nitrogens with zero attached hydrogens (tertiary/aromatic N) is 4. The van der Waals surface area contributed by atoms with Gasteiger partial charge in [-0.15, -0.1) is 10.2 Å². The highest BCUT2D eigenvalue weighted by molar-refractivity contribution is 5.89. The van der Waals surface area contributed by atoms with Gasteiger partial charge in [0.15, 0.2) is 0 Å². The summed E-state index contributed by atoms with van der Waals surface area (Å²) < 4.78 is 10.7. The minimum atomic E-state index is -0.230. The van der Waals surface area contributed by atoms with E-state index in [1.54, 1.807) is 29.0 Å². The van der Waals surface area contributed by atoms with Crippen LogP contribution in [-0.4, -0.2) is 71.7 Å². The molecule has 0 saturated carbocycles. The van der Waals surface area contributed by atoms with Crippen LogP contribution in [0.2, 0.25) is 0 Å². The number of methoxy groups -OCH3 is 1. The molecule has 0 aromatic carbocycles. The monoisotopic (exact) mass is 320 g/mol. The van der Waals surface area contributed by atoms with Gasteiger partial charge in [0, 0.05) is 45.1 Å². The quantitative estimate of drug-likeness (QED) is 0.773. The maximum absolute atomic E-state index is 12.5. The average Bonchev–Trinajstić information content (AvgIpc) is 3.15. The van der Waals surface area contributed by atoms with Crippen molar-refractivity contribution in [1.82, 2.24) is 20.0 Å². The molecule has 124 valence electrons. The molecule has 0 N–H and O–H groups in total. The third-order valence-corrected chi connectivity index (χ3v) is 4.26.